The number of aliphatic hydroxyl groups is 1. The van der Waals surface area contributed by atoms with Gasteiger partial charge in [0.2, 0.25) is 0 Å². The maximum Gasteiger partial charge on any atom is 0.389 e. The molecule has 2 aliphatic heterocycles. The molecule has 4 rings (SSSR count). The van der Waals surface area contributed by atoms with Crippen molar-refractivity contribution < 1.29 is 27.8 Å². The first-order chi connectivity index (χ1) is 18.1. The lowest BCUT2D eigenvalue weighted by Gasteiger charge is -2.29. The second kappa shape index (κ2) is 12.2. The number of ether oxygens (including phenoxy) is 1. The maximum atomic E-state index is 12.8. The zero-order valence-corrected chi connectivity index (χ0v) is 21.9. The lowest BCUT2D eigenvalue weighted by atomic mass is 10.00. The number of carbonyl (C=O) groups excluding carboxylic acids is 1. The van der Waals surface area contributed by atoms with Gasteiger partial charge in [0.05, 0.1) is 25.9 Å². The van der Waals surface area contributed by atoms with Crippen molar-refractivity contribution in [2.75, 3.05) is 61.5 Å². The summed E-state index contributed by atoms with van der Waals surface area (Å²) < 4.78 is 43.8. The summed E-state index contributed by atoms with van der Waals surface area (Å²) >= 11 is 0. The molecule has 0 aliphatic carbocycles. The number of urea groups is 1. The third-order valence-corrected chi connectivity index (χ3v) is 7.11. The van der Waals surface area contributed by atoms with E-state index in [-0.39, 0.29) is 19.2 Å². The van der Waals surface area contributed by atoms with Crippen LogP contribution in [0.25, 0.3) is 11.1 Å². The largest absolute Gasteiger partial charge is 0.394 e. The van der Waals surface area contributed by atoms with Crippen LogP contribution in [0.3, 0.4) is 0 Å². The molecule has 2 saturated heterocycles. The van der Waals surface area contributed by atoms with Crippen LogP contribution in [0.4, 0.5) is 35.3 Å². The van der Waals surface area contributed by atoms with E-state index in [0.29, 0.717) is 50.8 Å². The highest BCUT2D eigenvalue weighted by molar-refractivity contribution is 5.91. The quantitative estimate of drug-likeness (QED) is 0.446. The smallest absolute Gasteiger partial charge is 0.389 e. The summed E-state index contributed by atoms with van der Waals surface area (Å²) in [4.78, 5) is 21.2. The van der Waals surface area contributed by atoms with Crippen molar-refractivity contribution in [2.24, 2.45) is 5.92 Å². The van der Waals surface area contributed by atoms with Gasteiger partial charge in [0.15, 0.2) is 0 Å². The van der Waals surface area contributed by atoms with E-state index in [1.165, 1.54) is 4.90 Å². The molecule has 0 radical (unpaired) electrons. The van der Waals surface area contributed by atoms with Gasteiger partial charge in [-0.3, -0.25) is 0 Å². The van der Waals surface area contributed by atoms with Gasteiger partial charge in [-0.25, -0.2) is 9.78 Å². The first kappa shape index (κ1) is 28.0. The Morgan fingerprint density at radius 3 is 2.66 bits per heavy atom. The van der Waals surface area contributed by atoms with Gasteiger partial charge in [0, 0.05) is 38.3 Å². The van der Waals surface area contributed by atoms with Gasteiger partial charge in [-0.15, -0.1) is 0 Å². The fourth-order valence-corrected chi connectivity index (χ4v) is 4.91. The van der Waals surface area contributed by atoms with Gasteiger partial charge in [-0.05, 0) is 66.6 Å². The Labute approximate surface area is 221 Å². The van der Waals surface area contributed by atoms with Crippen LogP contribution >= 0.6 is 0 Å². The number of amides is 2. The number of alkyl halides is 3. The van der Waals surface area contributed by atoms with Crippen LogP contribution in [0.5, 0.6) is 0 Å². The number of nitrogens with zero attached hydrogens (tertiary/aromatic N) is 3. The van der Waals surface area contributed by atoms with Crippen LogP contribution < -0.4 is 15.5 Å². The molecule has 2 aromatic rings. The van der Waals surface area contributed by atoms with E-state index in [1.807, 2.05) is 38.1 Å². The van der Waals surface area contributed by atoms with Crippen LogP contribution in [0, 0.1) is 12.8 Å². The van der Waals surface area contributed by atoms with Gasteiger partial charge in [-0.1, -0.05) is 13.0 Å². The van der Waals surface area contributed by atoms with Gasteiger partial charge in [-0.2, -0.15) is 13.2 Å². The van der Waals surface area contributed by atoms with E-state index in [9.17, 15) is 23.1 Å². The Hall–Kier alpha value is -3.05. The molecule has 1 aromatic carbocycles. The second-order valence-corrected chi connectivity index (χ2v) is 10.0. The molecule has 38 heavy (non-hydrogen) atoms. The minimum absolute atomic E-state index is 0.0177. The first-order valence-corrected chi connectivity index (χ1v) is 13.1. The first-order valence-electron chi connectivity index (χ1n) is 13.1. The van der Waals surface area contributed by atoms with E-state index in [2.05, 4.69) is 15.5 Å². The number of aromatic nitrogens is 1. The van der Waals surface area contributed by atoms with Gasteiger partial charge in [0.25, 0.3) is 0 Å². The molecule has 0 spiro atoms. The van der Waals surface area contributed by atoms with Gasteiger partial charge < -0.3 is 30.3 Å². The molecule has 1 aromatic heterocycles. The number of anilines is 3. The van der Waals surface area contributed by atoms with Crippen LogP contribution in [-0.4, -0.2) is 79.2 Å². The molecule has 3 heterocycles. The fraction of sp³-hybridized carbons (Fsp3) is 0.556. The van der Waals surface area contributed by atoms with Crippen LogP contribution in [0.2, 0.25) is 0 Å². The number of morpholine rings is 1. The van der Waals surface area contributed by atoms with E-state index in [0.717, 1.165) is 28.9 Å². The van der Waals surface area contributed by atoms with Crippen molar-refractivity contribution in [3.05, 3.63) is 35.9 Å². The SMILES string of the molecule is CC[C@H](CO)Nc1cc(-c2cc(NC(=O)N3CC[C@@H](CC(F)(F)F)C3)ccc2C)cc(N2CCOCC2)n1. The molecule has 2 fully saturated rings. The third kappa shape index (κ3) is 7.28. The molecule has 2 amide bonds. The van der Waals surface area contributed by atoms with Crippen LogP contribution in [0.1, 0.15) is 31.7 Å². The summed E-state index contributed by atoms with van der Waals surface area (Å²) in [7, 11) is 0. The molecule has 0 unspecified atom stereocenters. The number of hydrogen-bond acceptors (Lipinski definition) is 6. The van der Waals surface area contributed by atoms with E-state index in [1.54, 1.807) is 6.07 Å². The molecule has 208 valence electrons. The van der Waals surface area contributed by atoms with Crippen molar-refractivity contribution in [1.82, 2.24) is 9.88 Å². The monoisotopic (exact) mass is 535 g/mol. The Morgan fingerprint density at radius 1 is 1.21 bits per heavy atom. The van der Waals surface area contributed by atoms with Gasteiger partial charge in [0.1, 0.15) is 11.6 Å². The summed E-state index contributed by atoms with van der Waals surface area (Å²) in [6.07, 6.45) is -4.02. The number of pyridine rings is 1. The highest BCUT2D eigenvalue weighted by Gasteiger charge is 2.36. The fourth-order valence-electron chi connectivity index (χ4n) is 4.91. The lowest BCUT2D eigenvalue weighted by Crippen LogP contribution is -2.37. The molecule has 2 aliphatic rings. The zero-order chi connectivity index (χ0) is 27.3. The summed E-state index contributed by atoms with van der Waals surface area (Å²) in [5.74, 6) is 0.871. The number of likely N-dealkylation sites (tertiary alicyclic amines) is 1. The number of benzene rings is 1. The number of hydrogen-bond donors (Lipinski definition) is 3. The standard InChI is InChI=1S/C27H36F3N5O3/c1-3-21(17-36)31-24-12-20(13-25(33-24)34-8-10-38-11-9-34)23-14-22(5-4-18(23)2)32-26(37)35-7-6-19(16-35)15-27(28,29)30/h4-5,12-14,19,21,36H,3,6-11,15-17H2,1-2H3,(H,31,33)(H,32,37)/t19-,21+/m0/s1. The molecule has 8 nitrogen and oxygen atoms in total. The second-order valence-electron chi connectivity index (χ2n) is 10.0. The summed E-state index contributed by atoms with van der Waals surface area (Å²) in [5.41, 5.74) is 3.36. The molecule has 2 atom stereocenters. The maximum absolute atomic E-state index is 12.8. The molecule has 0 saturated carbocycles. The van der Waals surface area contributed by atoms with Crippen LogP contribution in [-0.2, 0) is 4.74 Å². The lowest BCUT2D eigenvalue weighted by molar-refractivity contribution is -0.143. The number of aryl methyl sites for hydroxylation is 1. The van der Waals surface area contributed by atoms with Crippen molar-refractivity contribution in [2.45, 2.75) is 45.3 Å². The van der Waals surface area contributed by atoms with E-state index in [4.69, 9.17) is 9.72 Å². The summed E-state index contributed by atoms with van der Waals surface area (Å²) in [6.45, 7) is 7.01. The average Bonchev–Trinajstić information content (AvgIpc) is 3.35. The number of nitrogens with one attached hydrogen (secondary N) is 2. The number of aliphatic hydroxyl groups excluding tert-OH is 1. The number of halogens is 3. The Bertz CT molecular complexity index is 1100. The molecular weight excluding hydrogens is 499 g/mol. The topological polar surface area (TPSA) is 90.0 Å². The van der Waals surface area contributed by atoms with Crippen molar-refractivity contribution in [1.29, 1.82) is 0 Å². The number of rotatable bonds is 8. The zero-order valence-electron chi connectivity index (χ0n) is 21.9. The molecule has 3 N–H and O–H groups in total. The predicted molar refractivity (Wildman–Crippen MR) is 142 cm³/mol. The summed E-state index contributed by atoms with van der Waals surface area (Å²) in [6, 6.07) is 8.98. The van der Waals surface area contributed by atoms with E-state index < -0.39 is 24.5 Å². The minimum Gasteiger partial charge on any atom is -0.394 e. The third-order valence-electron chi connectivity index (χ3n) is 7.11. The summed E-state index contributed by atoms with van der Waals surface area (Å²) in [5, 5.41) is 15.9. The van der Waals surface area contributed by atoms with E-state index >= 15 is 0 Å². The van der Waals surface area contributed by atoms with Gasteiger partial charge >= 0.3 is 12.2 Å². The van der Waals surface area contributed by atoms with Crippen molar-refractivity contribution >= 4 is 23.4 Å². The molecule has 11 heteroatoms. The van der Waals surface area contributed by atoms with Crippen molar-refractivity contribution in [3.8, 4) is 11.1 Å². The molecule has 0 bridgehead atoms. The van der Waals surface area contributed by atoms with Crippen LogP contribution in [0.15, 0.2) is 30.3 Å². The highest BCUT2D eigenvalue weighted by Crippen LogP contribution is 2.33. The average molecular weight is 536 g/mol. The highest BCUT2D eigenvalue weighted by atomic mass is 19.4. The molecular formula is C27H36F3N5O3. The Kier molecular flexibility index (Phi) is 8.99. The Balaban J connectivity index is 1.56. The Morgan fingerprint density at radius 2 is 1.97 bits per heavy atom. The minimum atomic E-state index is -4.23. The normalized spacial score (nSPS) is 18.9. The van der Waals surface area contributed by atoms with Crippen molar-refractivity contribution in [3.63, 3.8) is 0 Å². The predicted octanol–water partition coefficient (Wildman–Crippen LogP) is 4.88. The number of carbonyl (C=O) groups is 1.